The largest absolute Gasteiger partial charge is 0.341 e. The average molecular weight is 236 g/mol. The molecular weight excluding hydrogens is 218 g/mol. The van der Waals surface area contributed by atoms with E-state index in [0.29, 0.717) is 0 Å². The Balaban J connectivity index is 2.79. The summed E-state index contributed by atoms with van der Waals surface area (Å²) in [6, 6.07) is 8.51. The van der Waals surface area contributed by atoms with Crippen molar-refractivity contribution in [2.75, 3.05) is 13.6 Å². The number of carbonyl (C=O) groups is 2. The molecule has 92 valence electrons. The third kappa shape index (κ3) is 3.88. The highest BCUT2D eigenvalue weighted by Crippen LogP contribution is 2.07. The summed E-state index contributed by atoms with van der Waals surface area (Å²) in [6.07, 6.45) is 0. The van der Waals surface area contributed by atoms with E-state index in [-0.39, 0.29) is 5.91 Å². The van der Waals surface area contributed by atoms with Crippen LogP contribution in [0.1, 0.15) is 18.5 Å². The van der Waals surface area contributed by atoms with Crippen molar-refractivity contribution in [2.45, 2.75) is 13.0 Å². The van der Waals surface area contributed by atoms with E-state index in [1.54, 1.807) is 0 Å². The van der Waals surface area contributed by atoms with Crippen LogP contribution in [-0.4, -0.2) is 25.5 Å². The topological polar surface area (TPSA) is 74.8 Å². The summed E-state index contributed by atoms with van der Waals surface area (Å²) >= 11 is 0. The number of rotatable bonds is 4. The number of carbonyl (C=O) groups excluding carboxylic acids is 2. The second kappa shape index (κ2) is 6.65. The number of nitrogens with two attached hydrogens (primary N) is 1. The van der Waals surface area contributed by atoms with Gasteiger partial charge >= 0.3 is 6.03 Å². The normalized spacial score (nSPS) is 11.6. The van der Waals surface area contributed by atoms with Gasteiger partial charge in [-0.1, -0.05) is 30.3 Å². The zero-order chi connectivity index (χ0) is 12.7. The zero-order valence-corrected chi connectivity index (χ0v) is 10.1. The molecule has 5 nitrogen and oxygen atoms in total. The molecule has 1 aromatic rings. The van der Waals surface area contributed by atoms with Crippen molar-refractivity contribution < 1.29 is 14.9 Å². The molecule has 0 saturated heterocycles. The highest BCUT2D eigenvalue weighted by atomic mass is 16.2. The number of likely N-dealkylation sites (N-methyl/N-ethyl adjacent to an activating group) is 1. The second-order valence-corrected chi connectivity index (χ2v) is 3.60. The Hall–Kier alpha value is -1.88. The molecule has 0 radical (unpaired) electrons. The van der Waals surface area contributed by atoms with E-state index in [9.17, 15) is 9.59 Å². The number of hydrogen-bond acceptors (Lipinski definition) is 2. The van der Waals surface area contributed by atoms with E-state index in [1.165, 1.54) is 7.05 Å². The molecule has 1 aromatic carbocycles. The van der Waals surface area contributed by atoms with Gasteiger partial charge in [-0.15, -0.1) is 0 Å². The van der Waals surface area contributed by atoms with Crippen LogP contribution in [0.25, 0.3) is 0 Å². The molecule has 0 aliphatic rings. The van der Waals surface area contributed by atoms with E-state index in [4.69, 9.17) is 0 Å². The third-order valence-corrected chi connectivity index (χ3v) is 2.38. The van der Waals surface area contributed by atoms with Crippen LogP contribution >= 0.6 is 0 Å². The van der Waals surface area contributed by atoms with Gasteiger partial charge in [0.05, 0.1) is 6.54 Å². The molecule has 0 unspecified atom stereocenters. The maximum atomic E-state index is 11.9. The van der Waals surface area contributed by atoms with Crippen molar-refractivity contribution in [2.24, 2.45) is 0 Å². The van der Waals surface area contributed by atoms with Crippen LogP contribution in [0.5, 0.6) is 0 Å². The molecule has 5 heteroatoms. The monoisotopic (exact) mass is 236 g/mol. The van der Waals surface area contributed by atoms with E-state index < -0.39 is 12.1 Å². The van der Waals surface area contributed by atoms with Crippen molar-refractivity contribution in [1.29, 1.82) is 0 Å². The predicted molar refractivity (Wildman–Crippen MR) is 64.2 cm³/mol. The highest BCUT2D eigenvalue weighted by molar-refractivity contribution is 5.96. The van der Waals surface area contributed by atoms with Gasteiger partial charge in [-0.05, 0) is 6.92 Å². The number of quaternary nitrogens is 1. The minimum atomic E-state index is -0.486. The van der Waals surface area contributed by atoms with E-state index in [2.05, 4.69) is 10.6 Å². The van der Waals surface area contributed by atoms with Crippen molar-refractivity contribution in [1.82, 2.24) is 10.6 Å². The Bertz CT molecular complexity index is 379. The molecule has 0 spiro atoms. The first-order chi connectivity index (χ1) is 8.19. The summed E-state index contributed by atoms with van der Waals surface area (Å²) in [4.78, 5) is 23.0. The number of amides is 3. The smallest absolute Gasteiger partial charge is 0.321 e. The van der Waals surface area contributed by atoms with Crippen molar-refractivity contribution in [3.8, 4) is 0 Å². The van der Waals surface area contributed by atoms with Gasteiger partial charge in [0.15, 0.2) is 6.04 Å². The Morgan fingerprint density at radius 3 is 2.47 bits per heavy atom. The lowest BCUT2D eigenvalue weighted by Gasteiger charge is -2.14. The average Bonchev–Trinajstić information content (AvgIpc) is 2.36. The molecule has 3 amide bonds. The Labute approximate surface area is 101 Å². The van der Waals surface area contributed by atoms with E-state index in [0.717, 1.165) is 12.1 Å². The fourth-order valence-corrected chi connectivity index (χ4v) is 1.54. The third-order valence-electron chi connectivity index (χ3n) is 2.38. The van der Waals surface area contributed by atoms with Crippen molar-refractivity contribution in [3.05, 3.63) is 35.9 Å². The second-order valence-electron chi connectivity index (χ2n) is 3.60. The molecule has 0 aliphatic carbocycles. The van der Waals surface area contributed by atoms with Gasteiger partial charge in [-0.3, -0.25) is 10.1 Å². The zero-order valence-electron chi connectivity index (χ0n) is 10.1. The van der Waals surface area contributed by atoms with Crippen molar-refractivity contribution in [3.63, 3.8) is 0 Å². The fourth-order valence-electron chi connectivity index (χ4n) is 1.54. The Morgan fingerprint density at radius 2 is 1.94 bits per heavy atom. The number of benzene rings is 1. The van der Waals surface area contributed by atoms with E-state index >= 15 is 0 Å². The minimum Gasteiger partial charge on any atom is -0.341 e. The Kier molecular flexibility index (Phi) is 5.16. The van der Waals surface area contributed by atoms with Crippen LogP contribution in [0, 0.1) is 0 Å². The van der Waals surface area contributed by atoms with Gasteiger partial charge < -0.3 is 10.6 Å². The molecule has 0 aliphatic heterocycles. The molecule has 0 heterocycles. The van der Waals surface area contributed by atoms with Gasteiger partial charge in [0.1, 0.15) is 0 Å². The van der Waals surface area contributed by atoms with Crippen LogP contribution in [0.4, 0.5) is 4.79 Å². The van der Waals surface area contributed by atoms with Crippen LogP contribution < -0.4 is 16.0 Å². The van der Waals surface area contributed by atoms with Gasteiger partial charge in [-0.25, -0.2) is 4.79 Å². The van der Waals surface area contributed by atoms with Crippen LogP contribution in [0.15, 0.2) is 30.3 Å². The lowest BCUT2D eigenvalue weighted by molar-refractivity contribution is -0.680. The Morgan fingerprint density at radius 1 is 1.29 bits per heavy atom. The fraction of sp³-hybridized carbons (Fsp3) is 0.333. The summed E-state index contributed by atoms with van der Waals surface area (Å²) in [7, 11) is 1.48. The van der Waals surface area contributed by atoms with Gasteiger partial charge in [0.25, 0.3) is 5.91 Å². The minimum absolute atomic E-state index is 0.308. The first kappa shape index (κ1) is 13.2. The van der Waals surface area contributed by atoms with Crippen LogP contribution in [0.2, 0.25) is 0 Å². The SMILES string of the molecule is CC[NH2+][C@H](C(=O)NC(=O)NC)c1ccccc1. The molecule has 17 heavy (non-hydrogen) atoms. The molecule has 1 atom stereocenters. The molecule has 0 fully saturated rings. The maximum Gasteiger partial charge on any atom is 0.321 e. The lowest BCUT2D eigenvalue weighted by atomic mass is 10.1. The van der Waals surface area contributed by atoms with Crippen molar-refractivity contribution >= 4 is 11.9 Å². The summed E-state index contributed by atoms with van der Waals surface area (Å²) in [6.45, 7) is 2.73. The van der Waals surface area contributed by atoms with Gasteiger partial charge in [0.2, 0.25) is 0 Å². The highest BCUT2D eigenvalue weighted by Gasteiger charge is 2.24. The summed E-state index contributed by atoms with van der Waals surface area (Å²) < 4.78 is 0. The van der Waals surface area contributed by atoms with E-state index in [1.807, 2.05) is 42.6 Å². The van der Waals surface area contributed by atoms with Gasteiger partial charge in [-0.2, -0.15) is 0 Å². The van der Waals surface area contributed by atoms with Gasteiger partial charge in [0, 0.05) is 12.6 Å². The molecule has 0 bridgehead atoms. The maximum absolute atomic E-state index is 11.9. The first-order valence-corrected chi connectivity index (χ1v) is 5.59. The number of nitrogens with one attached hydrogen (secondary N) is 2. The molecule has 0 saturated carbocycles. The molecule has 1 rings (SSSR count). The molecular formula is C12H18N3O2+. The first-order valence-electron chi connectivity index (χ1n) is 5.59. The quantitative estimate of drug-likeness (QED) is 0.675. The predicted octanol–water partition coefficient (Wildman–Crippen LogP) is -0.233. The number of imide groups is 1. The van der Waals surface area contributed by atoms with Crippen LogP contribution in [0.3, 0.4) is 0 Å². The lowest BCUT2D eigenvalue weighted by Crippen LogP contribution is -2.87. The summed E-state index contributed by atoms with van der Waals surface area (Å²) in [5.41, 5.74) is 0.885. The number of hydrogen-bond donors (Lipinski definition) is 3. The number of urea groups is 1. The van der Waals surface area contributed by atoms with Crippen LogP contribution in [-0.2, 0) is 4.79 Å². The molecule has 4 N–H and O–H groups in total. The summed E-state index contributed by atoms with van der Waals surface area (Å²) in [5.74, 6) is -0.308. The summed E-state index contributed by atoms with van der Waals surface area (Å²) in [5, 5.41) is 6.53. The standard InChI is InChI=1S/C12H17N3O2/c1-3-14-10(9-7-5-4-6-8-9)11(16)15-12(17)13-2/h4-8,10,14H,3H2,1-2H3,(H2,13,15,16,17)/p+1/t10-/m0/s1. The molecule has 0 aromatic heterocycles.